The SMILES string of the molecule is CCc1cc(=O)n(CC(=O)NCC2CCCO2)c(-n2nc(C)cc2C)n1. The lowest BCUT2D eigenvalue weighted by Crippen LogP contribution is -2.38. The van der Waals surface area contributed by atoms with E-state index < -0.39 is 0 Å². The van der Waals surface area contributed by atoms with Gasteiger partial charge in [0.2, 0.25) is 11.9 Å². The minimum atomic E-state index is -0.258. The van der Waals surface area contributed by atoms with Crippen LogP contribution in [0.2, 0.25) is 0 Å². The Morgan fingerprint density at radius 3 is 2.81 bits per heavy atom. The molecule has 1 unspecified atom stereocenters. The summed E-state index contributed by atoms with van der Waals surface area (Å²) in [5, 5.41) is 7.26. The topological polar surface area (TPSA) is 91.0 Å². The quantitative estimate of drug-likeness (QED) is 0.828. The summed E-state index contributed by atoms with van der Waals surface area (Å²) < 4.78 is 8.49. The predicted octanol–water partition coefficient (Wildman–Crippen LogP) is 0.903. The zero-order valence-electron chi connectivity index (χ0n) is 15.5. The van der Waals surface area contributed by atoms with Crippen molar-refractivity contribution in [2.45, 2.75) is 52.7 Å². The maximum absolute atomic E-state index is 12.6. The normalized spacial score (nSPS) is 16.8. The molecule has 0 bridgehead atoms. The van der Waals surface area contributed by atoms with Crippen molar-refractivity contribution in [2.75, 3.05) is 13.2 Å². The maximum atomic E-state index is 12.6. The number of carbonyl (C=O) groups excluding carboxylic acids is 1. The van der Waals surface area contributed by atoms with Gasteiger partial charge in [-0.3, -0.25) is 14.2 Å². The second-order valence-electron chi connectivity index (χ2n) is 6.60. The van der Waals surface area contributed by atoms with Gasteiger partial charge in [0.05, 0.1) is 11.8 Å². The highest BCUT2D eigenvalue weighted by Crippen LogP contribution is 2.11. The summed E-state index contributed by atoms with van der Waals surface area (Å²) >= 11 is 0. The van der Waals surface area contributed by atoms with Crippen LogP contribution >= 0.6 is 0 Å². The first kappa shape index (κ1) is 18.3. The third-order valence-corrected chi connectivity index (χ3v) is 4.46. The highest BCUT2D eigenvalue weighted by Gasteiger charge is 2.19. The summed E-state index contributed by atoms with van der Waals surface area (Å²) in [5.41, 5.74) is 2.10. The first-order valence-electron chi connectivity index (χ1n) is 9.00. The highest BCUT2D eigenvalue weighted by molar-refractivity contribution is 5.75. The van der Waals surface area contributed by atoms with Crippen molar-refractivity contribution in [3.8, 4) is 5.95 Å². The molecule has 1 N–H and O–H groups in total. The molecule has 8 heteroatoms. The molecule has 1 aliphatic rings. The Bertz CT molecular complexity index is 849. The van der Waals surface area contributed by atoms with E-state index in [-0.39, 0.29) is 24.1 Å². The predicted molar refractivity (Wildman–Crippen MR) is 96.5 cm³/mol. The fourth-order valence-electron chi connectivity index (χ4n) is 3.10. The van der Waals surface area contributed by atoms with E-state index in [9.17, 15) is 9.59 Å². The van der Waals surface area contributed by atoms with Crippen LogP contribution in [0.1, 0.15) is 36.8 Å². The van der Waals surface area contributed by atoms with Gasteiger partial charge in [-0.1, -0.05) is 6.92 Å². The lowest BCUT2D eigenvalue weighted by atomic mass is 10.2. The zero-order chi connectivity index (χ0) is 18.7. The first-order chi connectivity index (χ1) is 12.5. The summed E-state index contributed by atoms with van der Waals surface area (Å²) in [5.74, 6) is 0.128. The van der Waals surface area contributed by atoms with Crippen LogP contribution in [-0.4, -0.2) is 44.5 Å². The molecule has 1 fully saturated rings. The number of rotatable bonds is 6. The summed E-state index contributed by atoms with van der Waals surface area (Å²) in [4.78, 5) is 29.5. The Balaban J connectivity index is 1.86. The molecular formula is C18H25N5O3. The number of amides is 1. The molecule has 26 heavy (non-hydrogen) atoms. The number of nitrogens with zero attached hydrogens (tertiary/aromatic N) is 4. The molecule has 1 saturated heterocycles. The summed E-state index contributed by atoms with van der Waals surface area (Å²) in [6.45, 7) is 6.81. The number of carbonyl (C=O) groups is 1. The van der Waals surface area contributed by atoms with Gasteiger partial charge in [0.15, 0.2) is 0 Å². The molecule has 1 amide bonds. The van der Waals surface area contributed by atoms with Crippen molar-refractivity contribution in [2.24, 2.45) is 0 Å². The van der Waals surface area contributed by atoms with E-state index in [0.29, 0.717) is 24.6 Å². The smallest absolute Gasteiger partial charge is 0.255 e. The lowest BCUT2D eigenvalue weighted by molar-refractivity contribution is -0.122. The fourth-order valence-corrected chi connectivity index (χ4v) is 3.10. The molecule has 0 aliphatic carbocycles. The minimum Gasteiger partial charge on any atom is -0.376 e. The molecule has 0 spiro atoms. The van der Waals surface area contributed by atoms with E-state index in [0.717, 1.165) is 30.8 Å². The average Bonchev–Trinajstić information content (AvgIpc) is 3.24. The van der Waals surface area contributed by atoms with Gasteiger partial charge in [0.25, 0.3) is 5.56 Å². The van der Waals surface area contributed by atoms with Gasteiger partial charge in [0, 0.05) is 30.6 Å². The van der Waals surface area contributed by atoms with Gasteiger partial charge < -0.3 is 10.1 Å². The summed E-state index contributed by atoms with van der Waals surface area (Å²) in [7, 11) is 0. The van der Waals surface area contributed by atoms with Gasteiger partial charge >= 0.3 is 0 Å². The largest absolute Gasteiger partial charge is 0.376 e. The minimum absolute atomic E-state index is 0.0618. The standard InChI is InChI=1S/C18H25N5O3/c1-4-14-9-17(25)22(11-16(24)19-10-15-6-5-7-26-15)18(20-14)23-13(3)8-12(2)21-23/h8-9,15H,4-7,10-11H2,1-3H3,(H,19,24). The molecule has 0 radical (unpaired) electrons. The van der Waals surface area contributed by atoms with Gasteiger partial charge in [0.1, 0.15) is 6.54 Å². The van der Waals surface area contributed by atoms with Crippen LogP contribution in [0.3, 0.4) is 0 Å². The van der Waals surface area contributed by atoms with Crippen LogP contribution in [0.4, 0.5) is 0 Å². The number of hydrogen-bond donors (Lipinski definition) is 1. The second-order valence-corrected chi connectivity index (χ2v) is 6.60. The van der Waals surface area contributed by atoms with Crippen molar-refractivity contribution in [1.82, 2.24) is 24.6 Å². The van der Waals surface area contributed by atoms with Crippen LogP contribution in [0.5, 0.6) is 0 Å². The average molecular weight is 359 g/mol. The Hall–Kier alpha value is -2.48. The number of aryl methyl sites for hydroxylation is 3. The zero-order valence-corrected chi connectivity index (χ0v) is 15.5. The Kier molecular flexibility index (Phi) is 5.51. The maximum Gasteiger partial charge on any atom is 0.255 e. The second kappa shape index (κ2) is 7.82. The lowest BCUT2D eigenvalue weighted by Gasteiger charge is -2.15. The molecule has 3 heterocycles. The highest BCUT2D eigenvalue weighted by atomic mass is 16.5. The van der Waals surface area contributed by atoms with Crippen molar-refractivity contribution in [3.05, 3.63) is 39.6 Å². The van der Waals surface area contributed by atoms with Gasteiger partial charge in [-0.15, -0.1) is 0 Å². The molecule has 1 aliphatic heterocycles. The fraction of sp³-hybridized carbons (Fsp3) is 0.556. The Labute approximate surface area is 152 Å². The molecule has 0 aromatic carbocycles. The number of ether oxygens (including phenoxy) is 1. The van der Waals surface area contributed by atoms with Crippen LogP contribution in [0.15, 0.2) is 16.9 Å². The van der Waals surface area contributed by atoms with Crippen molar-refractivity contribution < 1.29 is 9.53 Å². The van der Waals surface area contributed by atoms with E-state index in [1.807, 2.05) is 26.8 Å². The van der Waals surface area contributed by atoms with Gasteiger partial charge in [-0.05, 0) is 39.2 Å². The molecule has 2 aromatic rings. The third kappa shape index (κ3) is 4.01. The molecular weight excluding hydrogens is 334 g/mol. The molecule has 2 aromatic heterocycles. The van der Waals surface area contributed by atoms with Crippen molar-refractivity contribution >= 4 is 5.91 Å². The Morgan fingerprint density at radius 2 is 2.19 bits per heavy atom. The molecule has 8 nitrogen and oxygen atoms in total. The van der Waals surface area contributed by atoms with Crippen molar-refractivity contribution in [1.29, 1.82) is 0 Å². The van der Waals surface area contributed by atoms with E-state index in [2.05, 4.69) is 15.4 Å². The van der Waals surface area contributed by atoms with Crippen LogP contribution in [0.25, 0.3) is 5.95 Å². The van der Waals surface area contributed by atoms with E-state index in [1.54, 1.807) is 4.68 Å². The molecule has 140 valence electrons. The molecule has 0 saturated carbocycles. The summed E-state index contributed by atoms with van der Waals surface area (Å²) in [6.07, 6.45) is 2.66. The van der Waals surface area contributed by atoms with Gasteiger partial charge in [-0.25, -0.2) is 9.67 Å². The number of nitrogens with one attached hydrogen (secondary N) is 1. The van der Waals surface area contributed by atoms with Crippen molar-refractivity contribution in [3.63, 3.8) is 0 Å². The Morgan fingerprint density at radius 1 is 1.38 bits per heavy atom. The monoisotopic (exact) mass is 359 g/mol. The third-order valence-electron chi connectivity index (χ3n) is 4.46. The number of hydrogen-bond acceptors (Lipinski definition) is 5. The molecule has 1 atom stereocenters. The van der Waals surface area contributed by atoms with Gasteiger partial charge in [-0.2, -0.15) is 5.10 Å². The molecule has 3 rings (SSSR count). The van der Waals surface area contributed by atoms with Crippen LogP contribution in [0, 0.1) is 13.8 Å². The van der Waals surface area contributed by atoms with E-state index in [1.165, 1.54) is 10.6 Å². The van der Waals surface area contributed by atoms with Crippen LogP contribution in [-0.2, 0) is 22.5 Å². The first-order valence-corrected chi connectivity index (χ1v) is 9.00. The van der Waals surface area contributed by atoms with Crippen LogP contribution < -0.4 is 10.9 Å². The van der Waals surface area contributed by atoms with E-state index in [4.69, 9.17) is 4.74 Å². The number of aromatic nitrogens is 4. The van der Waals surface area contributed by atoms with E-state index >= 15 is 0 Å². The summed E-state index contributed by atoms with van der Waals surface area (Å²) in [6, 6.07) is 3.38.